The van der Waals surface area contributed by atoms with E-state index in [1.165, 1.54) is 6.92 Å². The van der Waals surface area contributed by atoms with Gasteiger partial charge in [-0.1, -0.05) is 6.07 Å². The maximum atomic E-state index is 10.7. The molecule has 0 bridgehead atoms. The first kappa shape index (κ1) is 11.4. The SMILES string of the molecule is CC(=O)NCCNc1ccc2ncccc2c1. The number of nitrogens with one attached hydrogen (secondary N) is 2. The van der Waals surface area contributed by atoms with Crippen molar-refractivity contribution in [2.75, 3.05) is 18.4 Å². The molecule has 0 aliphatic rings. The van der Waals surface area contributed by atoms with Gasteiger partial charge in [0.15, 0.2) is 0 Å². The van der Waals surface area contributed by atoms with Gasteiger partial charge in [-0.3, -0.25) is 9.78 Å². The quantitative estimate of drug-likeness (QED) is 0.786. The lowest BCUT2D eigenvalue weighted by atomic mass is 10.2. The zero-order valence-corrected chi connectivity index (χ0v) is 9.73. The summed E-state index contributed by atoms with van der Waals surface area (Å²) in [5, 5.41) is 7.10. The van der Waals surface area contributed by atoms with Crippen LogP contribution in [0.2, 0.25) is 0 Å². The molecule has 0 unspecified atom stereocenters. The molecule has 0 atom stereocenters. The van der Waals surface area contributed by atoms with Crippen LogP contribution in [-0.2, 0) is 4.79 Å². The standard InChI is InChI=1S/C13H15N3O/c1-10(17)14-7-8-15-12-4-5-13-11(9-12)3-2-6-16-13/h2-6,9,15H,7-8H2,1H3,(H,14,17). The summed E-state index contributed by atoms with van der Waals surface area (Å²) >= 11 is 0. The van der Waals surface area contributed by atoms with Crippen molar-refractivity contribution < 1.29 is 4.79 Å². The fourth-order valence-corrected chi connectivity index (χ4v) is 1.63. The van der Waals surface area contributed by atoms with Crippen LogP contribution in [0.3, 0.4) is 0 Å². The Bertz CT molecular complexity index is 525. The van der Waals surface area contributed by atoms with Gasteiger partial charge in [0.2, 0.25) is 5.91 Å². The number of anilines is 1. The molecule has 0 aliphatic heterocycles. The predicted molar refractivity (Wildman–Crippen MR) is 68.9 cm³/mol. The van der Waals surface area contributed by atoms with Crippen LogP contribution in [0.4, 0.5) is 5.69 Å². The highest BCUT2D eigenvalue weighted by molar-refractivity contribution is 5.82. The smallest absolute Gasteiger partial charge is 0.216 e. The first-order valence-corrected chi connectivity index (χ1v) is 5.59. The van der Waals surface area contributed by atoms with Crippen molar-refractivity contribution in [3.05, 3.63) is 36.5 Å². The molecule has 2 rings (SSSR count). The first-order valence-electron chi connectivity index (χ1n) is 5.59. The third kappa shape index (κ3) is 3.17. The van der Waals surface area contributed by atoms with Crippen LogP contribution in [-0.4, -0.2) is 24.0 Å². The van der Waals surface area contributed by atoms with Gasteiger partial charge in [-0.25, -0.2) is 0 Å². The molecule has 0 aliphatic carbocycles. The summed E-state index contributed by atoms with van der Waals surface area (Å²) < 4.78 is 0. The number of carbonyl (C=O) groups is 1. The van der Waals surface area contributed by atoms with E-state index in [0.29, 0.717) is 13.1 Å². The number of benzene rings is 1. The van der Waals surface area contributed by atoms with Crippen LogP contribution < -0.4 is 10.6 Å². The maximum Gasteiger partial charge on any atom is 0.216 e. The van der Waals surface area contributed by atoms with E-state index >= 15 is 0 Å². The summed E-state index contributed by atoms with van der Waals surface area (Å²) in [5.74, 6) is -0.00508. The molecule has 1 aromatic carbocycles. The van der Waals surface area contributed by atoms with Crippen molar-refractivity contribution in [1.29, 1.82) is 0 Å². The first-order chi connectivity index (χ1) is 8.25. The second-order valence-corrected chi connectivity index (χ2v) is 3.82. The Morgan fingerprint density at radius 1 is 1.29 bits per heavy atom. The molecule has 88 valence electrons. The molecule has 1 aromatic heterocycles. The molecule has 4 heteroatoms. The molecule has 4 nitrogen and oxygen atoms in total. The summed E-state index contributed by atoms with van der Waals surface area (Å²) in [4.78, 5) is 14.9. The Balaban J connectivity index is 1.97. The largest absolute Gasteiger partial charge is 0.383 e. The molecule has 0 radical (unpaired) electrons. The summed E-state index contributed by atoms with van der Waals surface area (Å²) in [6.45, 7) is 2.85. The Morgan fingerprint density at radius 2 is 2.18 bits per heavy atom. The monoisotopic (exact) mass is 229 g/mol. The van der Waals surface area contributed by atoms with Crippen molar-refractivity contribution in [3.8, 4) is 0 Å². The van der Waals surface area contributed by atoms with Crippen LogP contribution in [0.1, 0.15) is 6.92 Å². The number of pyridine rings is 1. The lowest BCUT2D eigenvalue weighted by Crippen LogP contribution is -2.26. The average Bonchev–Trinajstić information content (AvgIpc) is 2.34. The summed E-state index contributed by atoms with van der Waals surface area (Å²) in [5.41, 5.74) is 2.02. The fourth-order valence-electron chi connectivity index (χ4n) is 1.63. The molecule has 2 aromatic rings. The van der Waals surface area contributed by atoms with Crippen LogP contribution in [0, 0.1) is 0 Å². The molecular formula is C13H15N3O. The number of amides is 1. The summed E-state index contributed by atoms with van der Waals surface area (Å²) in [6, 6.07) is 9.97. The molecular weight excluding hydrogens is 214 g/mol. The minimum atomic E-state index is -0.00508. The molecule has 0 fully saturated rings. The van der Waals surface area contributed by atoms with Crippen LogP contribution in [0.5, 0.6) is 0 Å². The van der Waals surface area contributed by atoms with Gasteiger partial charge in [0.1, 0.15) is 0 Å². The van der Waals surface area contributed by atoms with Crippen molar-refractivity contribution in [1.82, 2.24) is 10.3 Å². The summed E-state index contributed by atoms with van der Waals surface area (Å²) in [6.07, 6.45) is 1.78. The third-order valence-corrected chi connectivity index (χ3v) is 2.43. The van der Waals surface area contributed by atoms with Gasteiger partial charge in [-0.05, 0) is 24.3 Å². The van der Waals surface area contributed by atoms with E-state index < -0.39 is 0 Å². The Hall–Kier alpha value is -2.10. The molecule has 2 N–H and O–H groups in total. The summed E-state index contributed by atoms with van der Waals surface area (Å²) in [7, 11) is 0. The minimum absolute atomic E-state index is 0.00508. The number of aromatic nitrogens is 1. The second-order valence-electron chi connectivity index (χ2n) is 3.82. The van der Waals surface area contributed by atoms with E-state index in [1.807, 2.05) is 24.3 Å². The van der Waals surface area contributed by atoms with Crippen molar-refractivity contribution in [3.63, 3.8) is 0 Å². The predicted octanol–water partition coefficient (Wildman–Crippen LogP) is 1.78. The van der Waals surface area contributed by atoms with Crippen molar-refractivity contribution >= 4 is 22.5 Å². The van der Waals surface area contributed by atoms with Crippen LogP contribution in [0.25, 0.3) is 10.9 Å². The van der Waals surface area contributed by atoms with Gasteiger partial charge in [0.25, 0.3) is 0 Å². The van der Waals surface area contributed by atoms with Crippen molar-refractivity contribution in [2.45, 2.75) is 6.92 Å². The third-order valence-electron chi connectivity index (χ3n) is 2.43. The van der Waals surface area contributed by atoms with Crippen LogP contribution >= 0.6 is 0 Å². The van der Waals surface area contributed by atoms with E-state index in [2.05, 4.69) is 21.7 Å². The Morgan fingerprint density at radius 3 is 3.00 bits per heavy atom. The zero-order chi connectivity index (χ0) is 12.1. The number of hydrogen-bond donors (Lipinski definition) is 2. The molecule has 0 saturated carbocycles. The lowest BCUT2D eigenvalue weighted by molar-refractivity contribution is -0.118. The van der Waals surface area contributed by atoms with E-state index in [9.17, 15) is 4.79 Å². The van der Waals surface area contributed by atoms with E-state index in [0.717, 1.165) is 16.6 Å². The van der Waals surface area contributed by atoms with Gasteiger partial charge in [0, 0.05) is 37.3 Å². The second kappa shape index (κ2) is 5.30. The maximum absolute atomic E-state index is 10.7. The Kier molecular flexibility index (Phi) is 3.55. The highest BCUT2D eigenvalue weighted by atomic mass is 16.1. The molecule has 0 spiro atoms. The van der Waals surface area contributed by atoms with E-state index in [-0.39, 0.29) is 5.91 Å². The van der Waals surface area contributed by atoms with Gasteiger partial charge < -0.3 is 10.6 Å². The number of rotatable bonds is 4. The van der Waals surface area contributed by atoms with Crippen LogP contribution in [0.15, 0.2) is 36.5 Å². The fraction of sp³-hybridized carbons (Fsp3) is 0.231. The topological polar surface area (TPSA) is 54.0 Å². The lowest BCUT2D eigenvalue weighted by Gasteiger charge is -2.07. The van der Waals surface area contributed by atoms with Gasteiger partial charge in [-0.2, -0.15) is 0 Å². The average molecular weight is 229 g/mol. The highest BCUT2D eigenvalue weighted by Gasteiger charge is 1.96. The van der Waals surface area contributed by atoms with E-state index in [1.54, 1.807) is 6.20 Å². The van der Waals surface area contributed by atoms with E-state index in [4.69, 9.17) is 0 Å². The van der Waals surface area contributed by atoms with Crippen molar-refractivity contribution in [2.24, 2.45) is 0 Å². The Labute approximate surface area is 100 Å². The molecule has 17 heavy (non-hydrogen) atoms. The van der Waals surface area contributed by atoms with Gasteiger partial charge in [0.05, 0.1) is 5.52 Å². The van der Waals surface area contributed by atoms with Gasteiger partial charge >= 0.3 is 0 Å². The molecule has 1 heterocycles. The highest BCUT2D eigenvalue weighted by Crippen LogP contribution is 2.16. The zero-order valence-electron chi connectivity index (χ0n) is 9.73. The van der Waals surface area contributed by atoms with Gasteiger partial charge in [-0.15, -0.1) is 0 Å². The normalized spacial score (nSPS) is 10.2. The molecule has 0 saturated heterocycles. The number of nitrogens with zero attached hydrogens (tertiary/aromatic N) is 1. The molecule has 1 amide bonds. The number of hydrogen-bond acceptors (Lipinski definition) is 3. The minimum Gasteiger partial charge on any atom is -0.383 e. The number of fused-ring (bicyclic) bond motifs is 1. The number of carbonyl (C=O) groups excluding carboxylic acids is 1.